The van der Waals surface area contributed by atoms with Gasteiger partial charge in [-0.15, -0.1) is 0 Å². The second-order valence-electron chi connectivity index (χ2n) is 7.20. The predicted octanol–water partition coefficient (Wildman–Crippen LogP) is 4.90. The van der Waals surface area contributed by atoms with Gasteiger partial charge < -0.3 is 9.42 Å². The first-order valence-corrected chi connectivity index (χ1v) is 9.74. The number of nitrogens with zero attached hydrogens (tertiary/aromatic N) is 3. The highest BCUT2D eigenvalue weighted by Gasteiger charge is 2.16. The Balaban J connectivity index is 1.40. The van der Waals surface area contributed by atoms with Crippen LogP contribution in [0.2, 0.25) is 0 Å². The van der Waals surface area contributed by atoms with E-state index in [9.17, 15) is 4.79 Å². The lowest BCUT2D eigenvalue weighted by atomic mass is 10.1. The molecule has 0 spiro atoms. The predicted molar refractivity (Wildman–Crippen MR) is 114 cm³/mol. The Bertz CT molecular complexity index is 1140. The number of pyridine rings is 1. The van der Waals surface area contributed by atoms with Gasteiger partial charge in [-0.25, -0.2) is 0 Å². The van der Waals surface area contributed by atoms with Crippen molar-refractivity contribution in [3.05, 3.63) is 83.7 Å². The molecule has 0 bridgehead atoms. The average Bonchev–Trinajstić information content (AvgIpc) is 3.22. The number of aryl methyl sites for hydroxylation is 2. The van der Waals surface area contributed by atoms with E-state index < -0.39 is 0 Å². The molecular weight excluding hydrogens is 362 g/mol. The number of carbonyl (C=O) groups is 1. The summed E-state index contributed by atoms with van der Waals surface area (Å²) >= 11 is 0. The summed E-state index contributed by atoms with van der Waals surface area (Å²) in [6.45, 7) is 2.55. The van der Waals surface area contributed by atoms with Crippen LogP contribution in [-0.2, 0) is 6.42 Å². The minimum Gasteiger partial charge on any atom is -0.361 e. The average molecular weight is 385 g/mol. The fourth-order valence-corrected chi connectivity index (χ4v) is 3.46. The van der Waals surface area contributed by atoms with E-state index in [4.69, 9.17) is 4.52 Å². The molecule has 2 aromatic heterocycles. The van der Waals surface area contributed by atoms with Crippen molar-refractivity contribution in [2.45, 2.75) is 19.8 Å². The van der Waals surface area contributed by atoms with E-state index >= 15 is 0 Å². The Morgan fingerprint density at radius 1 is 1.03 bits per heavy atom. The molecule has 29 heavy (non-hydrogen) atoms. The summed E-state index contributed by atoms with van der Waals surface area (Å²) in [5.74, 6) is 0.837. The van der Waals surface area contributed by atoms with Gasteiger partial charge in [0.2, 0.25) is 0 Å². The van der Waals surface area contributed by atoms with Crippen molar-refractivity contribution in [3.8, 4) is 11.3 Å². The molecule has 4 rings (SSSR count). The fourth-order valence-electron chi connectivity index (χ4n) is 3.46. The number of carbonyl (C=O) groups excluding carboxylic acids is 1. The summed E-state index contributed by atoms with van der Waals surface area (Å²) in [6.07, 6.45) is 1.53. The Kier molecular flexibility index (Phi) is 5.38. The van der Waals surface area contributed by atoms with Crippen LogP contribution in [0.4, 0.5) is 0 Å². The van der Waals surface area contributed by atoms with Gasteiger partial charge in [-0.3, -0.25) is 9.78 Å². The fraction of sp³-hybridized carbons (Fsp3) is 0.208. The third-order valence-electron chi connectivity index (χ3n) is 4.97. The van der Waals surface area contributed by atoms with E-state index in [-0.39, 0.29) is 5.91 Å². The van der Waals surface area contributed by atoms with Crippen molar-refractivity contribution >= 4 is 16.8 Å². The first-order valence-electron chi connectivity index (χ1n) is 9.74. The van der Waals surface area contributed by atoms with E-state index in [0.29, 0.717) is 12.1 Å². The second kappa shape index (κ2) is 8.27. The Morgan fingerprint density at radius 3 is 2.62 bits per heavy atom. The molecule has 5 nitrogen and oxygen atoms in total. The summed E-state index contributed by atoms with van der Waals surface area (Å²) in [4.78, 5) is 19.3. The van der Waals surface area contributed by atoms with Crippen molar-refractivity contribution < 1.29 is 9.32 Å². The summed E-state index contributed by atoms with van der Waals surface area (Å²) in [5.41, 5.74) is 4.26. The van der Waals surface area contributed by atoms with Gasteiger partial charge in [0, 0.05) is 42.7 Å². The number of aromatic nitrogens is 2. The molecule has 0 unspecified atom stereocenters. The summed E-state index contributed by atoms with van der Waals surface area (Å²) < 4.78 is 5.46. The molecule has 0 aliphatic rings. The van der Waals surface area contributed by atoms with Crippen LogP contribution in [0.3, 0.4) is 0 Å². The SMILES string of the molecule is Cc1cc(C(=O)N(C)CCCc2cc(-c3ccccc3)no2)c2ccccc2n1. The van der Waals surface area contributed by atoms with E-state index in [0.717, 1.165) is 46.5 Å². The quantitative estimate of drug-likeness (QED) is 0.473. The molecule has 146 valence electrons. The highest BCUT2D eigenvalue weighted by atomic mass is 16.5. The van der Waals surface area contributed by atoms with Crippen LogP contribution >= 0.6 is 0 Å². The number of para-hydroxylation sites is 1. The summed E-state index contributed by atoms with van der Waals surface area (Å²) in [6, 6.07) is 21.5. The minimum absolute atomic E-state index is 0.00856. The number of benzene rings is 2. The van der Waals surface area contributed by atoms with Crippen molar-refractivity contribution in [1.82, 2.24) is 15.0 Å². The molecule has 0 aliphatic carbocycles. The largest absolute Gasteiger partial charge is 0.361 e. The molecular formula is C24H23N3O2. The van der Waals surface area contributed by atoms with Crippen LogP contribution in [-0.4, -0.2) is 34.5 Å². The van der Waals surface area contributed by atoms with E-state index in [1.807, 2.05) is 80.7 Å². The van der Waals surface area contributed by atoms with E-state index in [2.05, 4.69) is 10.1 Å². The molecule has 0 radical (unpaired) electrons. The highest BCUT2D eigenvalue weighted by molar-refractivity contribution is 6.06. The number of hydrogen-bond acceptors (Lipinski definition) is 4. The van der Waals surface area contributed by atoms with Gasteiger partial charge in [0.15, 0.2) is 0 Å². The molecule has 0 saturated heterocycles. The number of amides is 1. The van der Waals surface area contributed by atoms with Crippen LogP contribution in [0.1, 0.15) is 28.2 Å². The van der Waals surface area contributed by atoms with Crippen LogP contribution in [0.25, 0.3) is 22.2 Å². The summed E-state index contributed by atoms with van der Waals surface area (Å²) in [5, 5.41) is 5.04. The molecule has 5 heteroatoms. The van der Waals surface area contributed by atoms with Crippen LogP contribution in [0.5, 0.6) is 0 Å². The third kappa shape index (κ3) is 4.19. The lowest BCUT2D eigenvalue weighted by molar-refractivity contribution is 0.0794. The zero-order valence-electron chi connectivity index (χ0n) is 16.6. The van der Waals surface area contributed by atoms with Crippen LogP contribution in [0.15, 0.2) is 71.3 Å². The number of hydrogen-bond donors (Lipinski definition) is 0. The van der Waals surface area contributed by atoms with E-state index in [1.54, 1.807) is 4.90 Å². The standard InChI is InChI=1S/C24H23N3O2/c1-17-15-21(20-12-6-7-13-22(20)25-17)24(28)27(2)14-8-11-19-16-23(26-29-19)18-9-4-3-5-10-18/h3-7,9-10,12-13,15-16H,8,11,14H2,1-2H3. The monoisotopic (exact) mass is 385 g/mol. The maximum Gasteiger partial charge on any atom is 0.254 e. The lowest BCUT2D eigenvalue weighted by Crippen LogP contribution is -2.28. The first-order chi connectivity index (χ1) is 14.1. The summed E-state index contributed by atoms with van der Waals surface area (Å²) in [7, 11) is 1.84. The first kappa shape index (κ1) is 18.9. The zero-order chi connectivity index (χ0) is 20.2. The number of fused-ring (bicyclic) bond motifs is 1. The van der Waals surface area contributed by atoms with Crippen LogP contribution < -0.4 is 0 Å². The van der Waals surface area contributed by atoms with Crippen molar-refractivity contribution in [1.29, 1.82) is 0 Å². The molecule has 1 amide bonds. The van der Waals surface area contributed by atoms with Gasteiger partial charge in [-0.1, -0.05) is 53.7 Å². The zero-order valence-corrected chi connectivity index (χ0v) is 16.6. The van der Waals surface area contributed by atoms with Gasteiger partial charge in [0.25, 0.3) is 5.91 Å². The number of rotatable bonds is 6. The molecule has 4 aromatic rings. The van der Waals surface area contributed by atoms with Gasteiger partial charge in [0.05, 0.1) is 11.1 Å². The van der Waals surface area contributed by atoms with Gasteiger partial charge in [-0.05, 0) is 25.5 Å². The molecule has 0 fully saturated rings. The van der Waals surface area contributed by atoms with Crippen molar-refractivity contribution in [2.24, 2.45) is 0 Å². The molecule has 0 aliphatic heterocycles. The highest BCUT2D eigenvalue weighted by Crippen LogP contribution is 2.21. The second-order valence-corrected chi connectivity index (χ2v) is 7.20. The van der Waals surface area contributed by atoms with Gasteiger partial charge in [0.1, 0.15) is 11.5 Å². The maximum absolute atomic E-state index is 13.0. The molecule has 0 atom stereocenters. The molecule has 0 N–H and O–H groups in total. The minimum atomic E-state index is 0.00856. The van der Waals surface area contributed by atoms with Crippen LogP contribution in [0, 0.1) is 6.92 Å². The molecule has 2 heterocycles. The van der Waals surface area contributed by atoms with Crippen molar-refractivity contribution in [3.63, 3.8) is 0 Å². The topological polar surface area (TPSA) is 59.2 Å². The Morgan fingerprint density at radius 2 is 1.79 bits per heavy atom. The Hall–Kier alpha value is -3.47. The third-order valence-corrected chi connectivity index (χ3v) is 4.97. The van der Waals surface area contributed by atoms with Gasteiger partial charge in [-0.2, -0.15) is 0 Å². The Labute approximate surface area is 170 Å². The van der Waals surface area contributed by atoms with E-state index in [1.165, 1.54) is 0 Å². The molecule has 2 aromatic carbocycles. The van der Waals surface area contributed by atoms with Gasteiger partial charge >= 0.3 is 0 Å². The van der Waals surface area contributed by atoms with Crippen molar-refractivity contribution in [2.75, 3.05) is 13.6 Å². The smallest absolute Gasteiger partial charge is 0.254 e. The molecule has 0 saturated carbocycles. The normalized spacial score (nSPS) is 11.0. The lowest BCUT2D eigenvalue weighted by Gasteiger charge is -2.18. The maximum atomic E-state index is 13.0.